The molecule has 1 aliphatic rings. The number of aryl methyl sites for hydroxylation is 2. The number of aliphatic hydroxyl groups is 1. The topological polar surface area (TPSA) is 41.5 Å². The Morgan fingerprint density at radius 1 is 1.35 bits per heavy atom. The van der Waals surface area contributed by atoms with E-state index >= 15 is 0 Å². The van der Waals surface area contributed by atoms with E-state index in [4.69, 9.17) is 4.74 Å². The minimum atomic E-state index is -0.156. The third kappa shape index (κ3) is 2.10. The summed E-state index contributed by atoms with van der Waals surface area (Å²) in [6.07, 6.45) is 0. The Morgan fingerprint density at radius 3 is 2.47 bits per heavy atom. The molecule has 0 bridgehead atoms. The third-order valence-corrected chi connectivity index (χ3v) is 3.86. The Bertz CT molecular complexity index is 394. The lowest BCUT2D eigenvalue weighted by Crippen LogP contribution is -2.53. The highest BCUT2D eigenvalue weighted by atomic mass is 16.5. The van der Waals surface area contributed by atoms with E-state index < -0.39 is 0 Å². The second-order valence-corrected chi connectivity index (χ2v) is 5.08. The van der Waals surface area contributed by atoms with Crippen molar-refractivity contribution in [3.05, 3.63) is 34.9 Å². The van der Waals surface area contributed by atoms with Gasteiger partial charge in [-0.15, -0.1) is 0 Å². The smallest absolute Gasteiger partial charge is 0.0596 e. The van der Waals surface area contributed by atoms with Crippen molar-refractivity contribution in [1.82, 2.24) is 5.32 Å². The number of aliphatic hydroxyl groups excluding tert-OH is 1. The van der Waals surface area contributed by atoms with Crippen molar-refractivity contribution in [3.63, 3.8) is 0 Å². The van der Waals surface area contributed by atoms with Crippen molar-refractivity contribution in [1.29, 1.82) is 0 Å². The summed E-state index contributed by atoms with van der Waals surface area (Å²) in [7, 11) is 1.94. The fourth-order valence-electron chi connectivity index (χ4n) is 2.48. The number of nitrogens with one attached hydrogen (secondary N) is 1. The first-order chi connectivity index (χ1) is 8.13. The molecule has 2 rings (SSSR count). The Morgan fingerprint density at radius 2 is 2.06 bits per heavy atom. The first kappa shape index (κ1) is 12.6. The van der Waals surface area contributed by atoms with Crippen LogP contribution in [0.15, 0.2) is 18.2 Å². The molecular formula is C14H21NO2. The van der Waals surface area contributed by atoms with Crippen LogP contribution in [0.25, 0.3) is 0 Å². The Balaban J connectivity index is 2.31. The van der Waals surface area contributed by atoms with Gasteiger partial charge in [-0.25, -0.2) is 0 Å². The molecule has 1 aliphatic heterocycles. The van der Waals surface area contributed by atoms with Gasteiger partial charge in [-0.2, -0.15) is 0 Å². The minimum Gasteiger partial charge on any atom is -0.396 e. The number of rotatable bonds is 4. The van der Waals surface area contributed by atoms with Crippen LogP contribution < -0.4 is 5.32 Å². The van der Waals surface area contributed by atoms with Crippen molar-refractivity contribution in [3.8, 4) is 0 Å². The molecule has 1 aromatic rings. The van der Waals surface area contributed by atoms with Crippen LogP contribution in [0, 0.1) is 19.3 Å². The second kappa shape index (κ2) is 4.77. The quantitative estimate of drug-likeness (QED) is 0.832. The third-order valence-electron chi connectivity index (χ3n) is 3.86. The van der Waals surface area contributed by atoms with Gasteiger partial charge in [0, 0.05) is 6.04 Å². The number of hydrogen-bond acceptors (Lipinski definition) is 3. The van der Waals surface area contributed by atoms with E-state index in [1.54, 1.807) is 0 Å². The van der Waals surface area contributed by atoms with Gasteiger partial charge < -0.3 is 15.2 Å². The molecule has 0 amide bonds. The number of ether oxygens (including phenoxy) is 1. The second-order valence-electron chi connectivity index (χ2n) is 5.08. The van der Waals surface area contributed by atoms with Crippen LogP contribution in [0.4, 0.5) is 0 Å². The first-order valence-electron chi connectivity index (χ1n) is 6.06. The van der Waals surface area contributed by atoms with Crippen LogP contribution in [-0.4, -0.2) is 32.0 Å². The molecule has 1 heterocycles. The summed E-state index contributed by atoms with van der Waals surface area (Å²) < 4.78 is 5.29. The first-order valence-corrected chi connectivity index (χ1v) is 6.06. The van der Waals surface area contributed by atoms with Gasteiger partial charge >= 0.3 is 0 Å². The fraction of sp³-hybridized carbons (Fsp3) is 0.571. The molecule has 94 valence electrons. The summed E-state index contributed by atoms with van der Waals surface area (Å²) in [5.74, 6) is 0. The lowest BCUT2D eigenvalue weighted by atomic mass is 9.75. The molecule has 0 spiro atoms. The van der Waals surface area contributed by atoms with Gasteiger partial charge in [0.05, 0.1) is 25.2 Å². The van der Waals surface area contributed by atoms with Crippen molar-refractivity contribution >= 4 is 0 Å². The number of hydrogen-bond donors (Lipinski definition) is 2. The van der Waals surface area contributed by atoms with Crippen LogP contribution in [0.5, 0.6) is 0 Å². The summed E-state index contributed by atoms with van der Waals surface area (Å²) in [6.45, 7) is 5.64. The molecule has 1 saturated heterocycles. The summed E-state index contributed by atoms with van der Waals surface area (Å²) >= 11 is 0. The van der Waals surface area contributed by atoms with E-state index in [1.165, 1.54) is 16.7 Å². The molecule has 1 fully saturated rings. The monoisotopic (exact) mass is 235 g/mol. The van der Waals surface area contributed by atoms with E-state index in [2.05, 4.69) is 37.4 Å². The fourth-order valence-corrected chi connectivity index (χ4v) is 2.48. The lowest BCUT2D eigenvalue weighted by Gasteiger charge is -2.46. The Kier molecular flexibility index (Phi) is 3.52. The minimum absolute atomic E-state index is 0.153. The Labute approximate surface area is 103 Å². The maximum Gasteiger partial charge on any atom is 0.0596 e. The highest BCUT2D eigenvalue weighted by molar-refractivity contribution is 5.33. The molecule has 2 N–H and O–H groups in total. The van der Waals surface area contributed by atoms with Crippen LogP contribution in [0.1, 0.15) is 22.7 Å². The highest BCUT2D eigenvalue weighted by Gasteiger charge is 2.45. The highest BCUT2D eigenvalue weighted by Crippen LogP contribution is 2.40. The average molecular weight is 235 g/mol. The van der Waals surface area contributed by atoms with E-state index in [9.17, 15) is 5.11 Å². The predicted octanol–water partition coefficient (Wildman–Crippen LogP) is 1.57. The molecule has 0 radical (unpaired) electrons. The predicted molar refractivity (Wildman–Crippen MR) is 68.1 cm³/mol. The summed E-state index contributed by atoms with van der Waals surface area (Å²) in [5, 5.41) is 12.9. The van der Waals surface area contributed by atoms with Gasteiger partial charge in [-0.3, -0.25) is 0 Å². The number of benzene rings is 1. The van der Waals surface area contributed by atoms with Gasteiger partial charge in [-0.05, 0) is 37.6 Å². The van der Waals surface area contributed by atoms with E-state index in [1.807, 2.05) is 7.05 Å². The van der Waals surface area contributed by atoms with Crippen molar-refractivity contribution < 1.29 is 9.84 Å². The van der Waals surface area contributed by atoms with Crippen molar-refractivity contribution in [2.24, 2.45) is 5.41 Å². The summed E-state index contributed by atoms with van der Waals surface area (Å²) in [6, 6.07) is 6.63. The van der Waals surface area contributed by atoms with E-state index in [0.717, 1.165) is 0 Å². The normalized spacial score (nSPS) is 19.8. The van der Waals surface area contributed by atoms with Gasteiger partial charge in [0.1, 0.15) is 0 Å². The molecule has 1 aromatic carbocycles. The largest absolute Gasteiger partial charge is 0.396 e. The Hall–Kier alpha value is -0.900. The van der Waals surface area contributed by atoms with Gasteiger partial charge in [0.2, 0.25) is 0 Å². The average Bonchev–Trinajstić information content (AvgIpc) is 2.27. The maximum atomic E-state index is 9.60. The molecule has 3 heteroatoms. The lowest BCUT2D eigenvalue weighted by molar-refractivity contribution is -0.155. The molecule has 17 heavy (non-hydrogen) atoms. The maximum absolute atomic E-state index is 9.60. The van der Waals surface area contributed by atoms with Crippen LogP contribution >= 0.6 is 0 Å². The zero-order valence-electron chi connectivity index (χ0n) is 10.8. The molecule has 0 aromatic heterocycles. The van der Waals surface area contributed by atoms with Crippen molar-refractivity contribution in [2.75, 3.05) is 26.9 Å². The van der Waals surface area contributed by atoms with Gasteiger partial charge in [-0.1, -0.05) is 18.2 Å². The van der Waals surface area contributed by atoms with Gasteiger partial charge in [0.25, 0.3) is 0 Å². The zero-order valence-corrected chi connectivity index (χ0v) is 10.8. The molecule has 0 saturated carbocycles. The molecule has 0 aliphatic carbocycles. The van der Waals surface area contributed by atoms with Crippen LogP contribution in [-0.2, 0) is 4.74 Å². The molecule has 1 atom stereocenters. The standard InChI is InChI=1S/C14H21NO2/c1-10-4-5-12(6-11(10)2)13(15-3)14(7-16)8-17-9-14/h4-6,13,15-16H,7-9H2,1-3H3. The molecule has 3 nitrogen and oxygen atoms in total. The summed E-state index contributed by atoms with van der Waals surface area (Å²) in [4.78, 5) is 0. The van der Waals surface area contributed by atoms with Gasteiger partial charge in [0.15, 0.2) is 0 Å². The van der Waals surface area contributed by atoms with Crippen molar-refractivity contribution in [2.45, 2.75) is 19.9 Å². The van der Waals surface area contributed by atoms with Crippen LogP contribution in [0.2, 0.25) is 0 Å². The van der Waals surface area contributed by atoms with E-state index in [-0.39, 0.29) is 18.1 Å². The molecular weight excluding hydrogens is 214 g/mol. The van der Waals surface area contributed by atoms with E-state index in [0.29, 0.717) is 13.2 Å². The molecule has 1 unspecified atom stereocenters. The zero-order chi connectivity index (χ0) is 12.5. The summed E-state index contributed by atoms with van der Waals surface area (Å²) in [5.41, 5.74) is 3.66. The van der Waals surface area contributed by atoms with Crippen LogP contribution in [0.3, 0.4) is 0 Å². The SMILES string of the molecule is CNC(c1ccc(C)c(C)c1)C1(CO)COC1.